The molecule has 0 radical (unpaired) electrons. The van der Waals surface area contributed by atoms with Gasteiger partial charge in [0, 0.05) is 38.1 Å². The zero-order chi connectivity index (χ0) is 27.9. The van der Waals surface area contributed by atoms with Gasteiger partial charge in [0.2, 0.25) is 11.9 Å². The minimum atomic E-state index is -4.46. The van der Waals surface area contributed by atoms with Crippen molar-refractivity contribution < 1.29 is 22.7 Å². The maximum absolute atomic E-state index is 13.1. The summed E-state index contributed by atoms with van der Waals surface area (Å²) < 4.78 is 44.8. The van der Waals surface area contributed by atoms with E-state index in [4.69, 9.17) is 4.74 Å². The summed E-state index contributed by atoms with van der Waals surface area (Å²) in [6.45, 7) is 4.99. The van der Waals surface area contributed by atoms with Crippen molar-refractivity contribution >= 4 is 40.4 Å². The molecular formula is C26H30F3N7O2. The van der Waals surface area contributed by atoms with Crippen LogP contribution in [0, 0.1) is 0 Å². The van der Waals surface area contributed by atoms with Gasteiger partial charge in [0.25, 0.3) is 0 Å². The Kier molecular flexibility index (Phi) is 9.13. The molecule has 3 N–H and O–H groups in total. The van der Waals surface area contributed by atoms with E-state index >= 15 is 0 Å². The molecule has 202 valence electrons. The zero-order valence-electron chi connectivity index (χ0n) is 21.6. The van der Waals surface area contributed by atoms with Crippen molar-refractivity contribution in [1.29, 1.82) is 0 Å². The minimum absolute atomic E-state index is 0.162. The van der Waals surface area contributed by atoms with E-state index in [0.717, 1.165) is 24.4 Å². The first-order valence-corrected chi connectivity index (χ1v) is 11.6. The van der Waals surface area contributed by atoms with Crippen LogP contribution in [0.1, 0.15) is 5.56 Å². The number of rotatable bonds is 11. The summed E-state index contributed by atoms with van der Waals surface area (Å²) in [5.74, 6) is 0.524. The third-order valence-electron chi connectivity index (χ3n) is 5.42. The average molecular weight is 530 g/mol. The highest BCUT2D eigenvalue weighted by Crippen LogP contribution is 2.38. The second-order valence-electron chi connectivity index (χ2n) is 8.58. The van der Waals surface area contributed by atoms with E-state index in [9.17, 15) is 18.0 Å². The van der Waals surface area contributed by atoms with E-state index in [1.165, 1.54) is 37.6 Å². The zero-order valence-corrected chi connectivity index (χ0v) is 21.6. The molecule has 0 aliphatic rings. The standard InChI is InChI=1S/C26H30F3N7O2/c1-6-24(37)32-19-15-20(22(38-5)16-21(19)36(4)13-12-35(2)3)33-25-30-11-10-23(34-25)31-18-9-7-8-17(14-18)26(27,28)29/h6-11,14-16H,1,12-13H2,2-5H3,(H,32,37)(H2,30,31,33,34). The summed E-state index contributed by atoms with van der Waals surface area (Å²) in [7, 11) is 7.36. The van der Waals surface area contributed by atoms with E-state index < -0.39 is 11.7 Å². The van der Waals surface area contributed by atoms with E-state index in [0.29, 0.717) is 23.7 Å². The van der Waals surface area contributed by atoms with Gasteiger partial charge in [0.1, 0.15) is 11.6 Å². The maximum Gasteiger partial charge on any atom is 0.416 e. The van der Waals surface area contributed by atoms with Gasteiger partial charge in [-0.15, -0.1) is 0 Å². The lowest BCUT2D eigenvalue weighted by molar-refractivity contribution is -0.137. The van der Waals surface area contributed by atoms with E-state index in [-0.39, 0.29) is 23.4 Å². The highest BCUT2D eigenvalue weighted by Gasteiger charge is 2.30. The number of hydrogen-bond donors (Lipinski definition) is 3. The Bertz CT molecular complexity index is 1280. The smallest absolute Gasteiger partial charge is 0.416 e. The van der Waals surface area contributed by atoms with Crippen molar-refractivity contribution in [3.8, 4) is 5.75 Å². The van der Waals surface area contributed by atoms with Crippen LogP contribution < -0.4 is 25.6 Å². The van der Waals surface area contributed by atoms with E-state index in [1.54, 1.807) is 12.1 Å². The van der Waals surface area contributed by atoms with Crippen molar-refractivity contribution in [2.45, 2.75) is 6.18 Å². The number of carbonyl (C=O) groups is 1. The fourth-order valence-corrected chi connectivity index (χ4v) is 3.44. The predicted octanol–water partition coefficient (Wildman–Crippen LogP) is 5.11. The SMILES string of the molecule is C=CC(=O)Nc1cc(Nc2nccc(Nc3cccc(C(F)(F)F)c3)n2)c(OC)cc1N(C)CCN(C)C. The summed E-state index contributed by atoms with van der Waals surface area (Å²) in [6.07, 6.45) is -1.83. The lowest BCUT2D eigenvalue weighted by Crippen LogP contribution is -2.29. The molecule has 0 unspecified atom stereocenters. The minimum Gasteiger partial charge on any atom is -0.494 e. The lowest BCUT2D eigenvalue weighted by Gasteiger charge is -2.26. The molecule has 0 saturated carbocycles. The largest absolute Gasteiger partial charge is 0.494 e. The van der Waals surface area contributed by atoms with Crippen LogP contribution in [0.3, 0.4) is 0 Å². The molecule has 0 bridgehead atoms. The highest BCUT2D eigenvalue weighted by atomic mass is 19.4. The van der Waals surface area contributed by atoms with Crippen molar-refractivity contribution in [1.82, 2.24) is 14.9 Å². The number of hydrogen-bond acceptors (Lipinski definition) is 8. The number of alkyl halides is 3. The molecule has 0 aliphatic carbocycles. The normalized spacial score (nSPS) is 11.2. The quantitative estimate of drug-likeness (QED) is 0.295. The second-order valence-corrected chi connectivity index (χ2v) is 8.58. The molecule has 0 saturated heterocycles. The van der Waals surface area contributed by atoms with Gasteiger partial charge in [0.05, 0.1) is 29.7 Å². The Morgan fingerprint density at radius 1 is 1.08 bits per heavy atom. The van der Waals surface area contributed by atoms with Crippen LogP contribution in [0.25, 0.3) is 0 Å². The van der Waals surface area contributed by atoms with Crippen LogP contribution >= 0.6 is 0 Å². The Hall–Kier alpha value is -4.32. The van der Waals surface area contributed by atoms with E-state index in [1.807, 2.05) is 30.9 Å². The van der Waals surface area contributed by atoms with Crippen LogP contribution in [0.15, 0.2) is 61.3 Å². The highest BCUT2D eigenvalue weighted by molar-refractivity contribution is 6.02. The van der Waals surface area contributed by atoms with Crippen LogP contribution in [0.5, 0.6) is 5.75 Å². The number of anilines is 6. The summed E-state index contributed by atoms with van der Waals surface area (Å²) >= 11 is 0. The molecule has 0 spiro atoms. The summed E-state index contributed by atoms with van der Waals surface area (Å²) in [5, 5.41) is 8.74. The van der Waals surface area contributed by atoms with Crippen LogP contribution in [0.2, 0.25) is 0 Å². The molecule has 1 heterocycles. The number of aromatic nitrogens is 2. The fraction of sp³-hybridized carbons (Fsp3) is 0.269. The third-order valence-corrected chi connectivity index (χ3v) is 5.42. The number of carbonyl (C=O) groups excluding carboxylic acids is 1. The molecule has 38 heavy (non-hydrogen) atoms. The molecule has 12 heteroatoms. The number of likely N-dealkylation sites (N-methyl/N-ethyl adjacent to an activating group) is 2. The molecule has 2 aromatic carbocycles. The van der Waals surface area contributed by atoms with Crippen molar-refractivity contribution in [2.24, 2.45) is 0 Å². The summed E-state index contributed by atoms with van der Waals surface area (Å²) in [4.78, 5) is 24.7. The molecule has 1 aromatic heterocycles. The van der Waals surface area contributed by atoms with Gasteiger partial charge in [-0.25, -0.2) is 4.98 Å². The summed E-state index contributed by atoms with van der Waals surface area (Å²) in [5.41, 5.74) is 1.15. The molecule has 0 atom stereocenters. The molecule has 0 aliphatic heterocycles. The number of methoxy groups -OCH3 is 1. The van der Waals surface area contributed by atoms with Gasteiger partial charge in [-0.1, -0.05) is 12.6 Å². The van der Waals surface area contributed by atoms with Gasteiger partial charge in [-0.2, -0.15) is 18.2 Å². The molecule has 3 aromatic rings. The van der Waals surface area contributed by atoms with Gasteiger partial charge in [0.15, 0.2) is 0 Å². The molecule has 3 rings (SSSR count). The molecule has 9 nitrogen and oxygen atoms in total. The number of nitrogens with one attached hydrogen (secondary N) is 3. The fourth-order valence-electron chi connectivity index (χ4n) is 3.44. The molecule has 0 fully saturated rings. The lowest BCUT2D eigenvalue weighted by atomic mass is 10.2. The van der Waals surface area contributed by atoms with Crippen LogP contribution in [0.4, 0.5) is 47.7 Å². The second kappa shape index (κ2) is 12.3. The Morgan fingerprint density at radius 3 is 2.50 bits per heavy atom. The number of benzene rings is 2. The van der Waals surface area contributed by atoms with Crippen molar-refractivity contribution in [3.05, 3.63) is 66.9 Å². The first-order valence-electron chi connectivity index (χ1n) is 11.6. The van der Waals surface area contributed by atoms with E-state index in [2.05, 4.69) is 32.5 Å². The Morgan fingerprint density at radius 2 is 1.84 bits per heavy atom. The first-order chi connectivity index (χ1) is 18.0. The monoisotopic (exact) mass is 529 g/mol. The van der Waals surface area contributed by atoms with Gasteiger partial charge in [-0.05, 0) is 50.5 Å². The maximum atomic E-state index is 13.1. The van der Waals surface area contributed by atoms with Crippen LogP contribution in [-0.4, -0.2) is 62.1 Å². The number of halogens is 3. The van der Waals surface area contributed by atoms with Crippen molar-refractivity contribution in [3.63, 3.8) is 0 Å². The van der Waals surface area contributed by atoms with Gasteiger partial charge >= 0.3 is 6.18 Å². The van der Waals surface area contributed by atoms with Crippen LogP contribution in [-0.2, 0) is 11.0 Å². The predicted molar refractivity (Wildman–Crippen MR) is 144 cm³/mol. The number of ether oxygens (including phenoxy) is 1. The topological polar surface area (TPSA) is 94.6 Å². The molecular weight excluding hydrogens is 499 g/mol. The first kappa shape index (κ1) is 28.3. The number of nitrogens with zero attached hydrogens (tertiary/aromatic N) is 4. The van der Waals surface area contributed by atoms with Crippen molar-refractivity contribution in [2.75, 3.05) is 62.2 Å². The number of amides is 1. The van der Waals surface area contributed by atoms with Gasteiger partial charge < -0.3 is 30.5 Å². The summed E-state index contributed by atoms with van der Waals surface area (Å²) in [6, 6.07) is 9.81. The Labute approximate surface area is 219 Å². The third kappa shape index (κ3) is 7.59. The average Bonchev–Trinajstić information content (AvgIpc) is 2.87. The Balaban J connectivity index is 1.90. The molecule has 1 amide bonds. The van der Waals surface area contributed by atoms with Gasteiger partial charge in [-0.3, -0.25) is 4.79 Å².